The van der Waals surface area contributed by atoms with Gasteiger partial charge < -0.3 is 20.5 Å². The van der Waals surface area contributed by atoms with Gasteiger partial charge in [-0.2, -0.15) is 0 Å². The van der Waals surface area contributed by atoms with E-state index in [0.29, 0.717) is 0 Å². The maximum absolute atomic E-state index is 11.9. The van der Waals surface area contributed by atoms with Crippen molar-refractivity contribution in [2.75, 3.05) is 5.32 Å². The number of aromatic nitrogens is 2. The zero-order valence-electron chi connectivity index (χ0n) is 10.3. The summed E-state index contributed by atoms with van der Waals surface area (Å²) in [4.78, 5) is 48.8. The number of rotatable bonds is 3. The van der Waals surface area contributed by atoms with Crippen LogP contribution >= 0.6 is 0 Å². The molecular formula is C12H9N3O6. The van der Waals surface area contributed by atoms with E-state index in [1.165, 1.54) is 0 Å². The summed E-state index contributed by atoms with van der Waals surface area (Å²) < 4.78 is 0. The van der Waals surface area contributed by atoms with Crippen LogP contribution in [0.25, 0.3) is 0 Å². The quantitative estimate of drug-likeness (QED) is 0.490. The Balaban J connectivity index is 2.35. The van der Waals surface area contributed by atoms with Crippen LogP contribution in [0.15, 0.2) is 33.9 Å². The number of nitrogens with one attached hydrogen (secondary N) is 3. The average Bonchev–Trinajstić information content (AvgIpc) is 2.39. The second kappa shape index (κ2) is 5.33. The number of aromatic carboxylic acids is 1. The molecule has 5 N–H and O–H groups in total. The van der Waals surface area contributed by atoms with Crippen molar-refractivity contribution in [1.82, 2.24) is 9.97 Å². The van der Waals surface area contributed by atoms with E-state index >= 15 is 0 Å². The number of phenolic OH excluding ortho intramolecular Hbond substituents is 1. The van der Waals surface area contributed by atoms with Gasteiger partial charge in [-0.15, -0.1) is 0 Å². The smallest absolute Gasteiger partial charge is 0.335 e. The normalized spacial score (nSPS) is 10.1. The van der Waals surface area contributed by atoms with Crippen molar-refractivity contribution in [1.29, 1.82) is 0 Å². The van der Waals surface area contributed by atoms with Crippen LogP contribution in [0.3, 0.4) is 0 Å². The SMILES string of the molecule is O=C(O)c1ccc(O)c(NC(=O)c2cc(=O)[nH]c(=O)[nH]2)c1. The van der Waals surface area contributed by atoms with E-state index in [0.717, 1.165) is 24.3 Å². The fourth-order valence-corrected chi connectivity index (χ4v) is 1.55. The van der Waals surface area contributed by atoms with Crippen LogP contribution in [-0.4, -0.2) is 32.1 Å². The largest absolute Gasteiger partial charge is 0.506 e. The van der Waals surface area contributed by atoms with Crippen LogP contribution in [0.2, 0.25) is 0 Å². The first-order chi connectivity index (χ1) is 9.86. The Hall–Kier alpha value is -3.36. The number of carboxylic acids is 1. The van der Waals surface area contributed by atoms with Crippen LogP contribution < -0.4 is 16.6 Å². The minimum Gasteiger partial charge on any atom is -0.506 e. The highest BCUT2D eigenvalue weighted by atomic mass is 16.4. The number of anilines is 1. The number of hydrogen-bond acceptors (Lipinski definition) is 5. The molecule has 0 aliphatic rings. The Morgan fingerprint density at radius 1 is 1.10 bits per heavy atom. The van der Waals surface area contributed by atoms with Gasteiger partial charge in [0.05, 0.1) is 11.3 Å². The number of H-pyrrole nitrogens is 2. The lowest BCUT2D eigenvalue weighted by atomic mass is 10.2. The maximum Gasteiger partial charge on any atom is 0.335 e. The third kappa shape index (κ3) is 3.15. The van der Waals surface area contributed by atoms with Crippen molar-refractivity contribution < 1.29 is 19.8 Å². The molecule has 1 aromatic heterocycles. The molecule has 0 unspecified atom stereocenters. The molecule has 0 spiro atoms. The molecule has 0 fully saturated rings. The fraction of sp³-hybridized carbons (Fsp3) is 0. The molecule has 108 valence electrons. The Morgan fingerprint density at radius 3 is 2.43 bits per heavy atom. The first-order valence-electron chi connectivity index (χ1n) is 5.58. The molecule has 0 saturated heterocycles. The third-order valence-corrected chi connectivity index (χ3v) is 2.50. The van der Waals surface area contributed by atoms with Gasteiger partial charge in [0.1, 0.15) is 11.4 Å². The predicted molar refractivity (Wildman–Crippen MR) is 70.7 cm³/mol. The lowest BCUT2D eigenvalue weighted by Crippen LogP contribution is -2.27. The summed E-state index contributed by atoms with van der Waals surface area (Å²) >= 11 is 0. The molecule has 0 aliphatic carbocycles. The summed E-state index contributed by atoms with van der Waals surface area (Å²) in [5, 5.41) is 20.6. The number of hydrogen-bond donors (Lipinski definition) is 5. The molecule has 2 rings (SSSR count). The van der Waals surface area contributed by atoms with Crippen molar-refractivity contribution >= 4 is 17.6 Å². The van der Waals surface area contributed by atoms with Crippen LogP contribution in [0, 0.1) is 0 Å². The first-order valence-corrected chi connectivity index (χ1v) is 5.58. The van der Waals surface area contributed by atoms with Gasteiger partial charge in [0.2, 0.25) is 0 Å². The maximum atomic E-state index is 11.9. The standard InChI is InChI=1S/C12H9N3O6/c16-8-2-1-5(11(19)20)3-6(8)13-10(18)7-4-9(17)15-12(21)14-7/h1-4,16H,(H,13,18)(H,19,20)(H2,14,15,17,21). The summed E-state index contributed by atoms with van der Waals surface area (Å²) in [6.45, 7) is 0. The van der Waals surface area contributed by atoms with Crippen molar-refractivity contribution in [3.63, 3.8) is 0 Å². The zero-order chi connectivity index (χ0) is 15.6. The van der Waals surface area contributed by atoms with Crippen molar-refractivity contribution in [2.24, 2.45) is 0 Å². The van der Waals surface area contributed by atoms with Gasteiger partial charge in [-0.3, -0.25) is 14.6 Å². The van der Waals surface area contributed by atoms with Gasteiger partial charge in [0.25, 0.3) is 11.5 Å². The highest BCUT2D eigenvalue weighted by molar-refractivity contribution is 6.04. The summed E-state index contributed by atoms with van der Waals surface area (Å²) in [6, 6.07) is 4.15. The summed E-state index contributed by atoms with van der Waals surface area (Å²) in [6.07, 6.45) is 0. The molecule has 0 atom stereocenters. The second-order valence-corrected chi connectivity index (χ2v) is 3.99. The van der Waals surface area contributed by atoms with Gasteiger partial charge in [-0.25, -0.2) is 9.59 Å². The second-order valence-electron chi connectivity index (χ2n) is 3.99. The number of aromatic hydroxyl groups is 1. The number of carboxylic acid groups (broad SMARTS) is 1. The molecule has 1 aromatic carbocycles. The molecule has 9 nitrogen and oxygen atoms in total. The molecule has 1 heterocycles. The molecule has 0 radical (unpaired) electrons. The van der Waals surface area contributed by atoms with E-state index < -0.39 is 23.1 Å². The molecule has 1 amide bonds. The first kappa shape index (κ1) is 14.1. The Labute approximate surface area is 115 Å². The monoisotopic (exact) mass is 291 g/mol. The van der Waals surface area contributed by atoms with E-state index in [9.17, 15) is 24.3 Å². The van der Waals surface area contributed by atoms with Crippen molar-refractivity contribution in [3.05, 3.63) is 56.4 Å². The minimum absolute atomic E-state index is 0.150. The number of carbonyl (C=O) groups is 2. The van der Waals surface area contributed by atoms with E-state index in [1.807, 2.05) is 4.98 Å². The molecule has 0 bridgehead atoms. The van der Waals surface area contributed by atoms with E-state index in [2.05, 4.69) is 10.3 Å². The van der Waals surface area contributed by atoms with E-state index in [-0.39, 0.29) is 22.7 Å². The Morgan fingerprint density at radius 2 is 1.81 bits per heavy atom. The molecule has 0 saturated carbocycles. The summed E-state index contributed by atoms with van der Waals surface area (Å²) in [5.41, 5.74) is -2.28. The zero-order valence-corrected chi connectivity index (χ0v) is 10.3. The Kier molecular flexibility index (Phi) is 3.57. The number of phenols is 1. The average molecular weight is 291 g/mol. The van der Waals surface area contributed by atoms with Crippen molar-refractivity contribution in [2.45, 2.75) is 0 Å². The van der Waals surface area contributed by atoms with E-state index in [4.69, 9.17) is 5.11 Å². The van der Waals surface area contributed by atoms with E-state index in [1.54, 1.807) is 0 Å². The topological polar surface area (TPSA) is 152 Å². The molecule has 9 heteroatoms. The summed E-state index contributed by atoms with van der Waals surface area (Å²) in [7, 11) is 0. The number of aromatic amines is 2. The van der Waals surface area contributed by atoms with Gasteiger partial charge in [-0.05, 0) is 18.2 Å². The van der Waals surface area contributed by atoms with Crippen LogP contribution in [0.4, 0.5) is 5.69 Å². The van der Waals surface area contributed by atoms with Crippen LogP contribution in [0.5, 0.6) is 5.75 Å². The van der Waals surface area contributed by atoms with Crippen LogP contribution in [0.1, 0.15) is 20.8 Å². The van der Waals surface area contributed by atoms with Gasteiger partial charge in [-0.1, -0.05) is 0 Å². The van der Waals surface area contributed by atoms with Gasteiger partial charge in [0.15, 0.2) is 0 Å². The number of amides is 1. The molecule has 2 aromatic rings. The highest BCUT2D eigenvalue weighted by Gasteiger charge is 2.13. The van der Waals surface area contributed by atoms with Crippen LogP contribution in [-0.2, 0) is 0 Å². The molecule has 21 heavy (non-hydrogen) atoms. The lowest BCUT2D eigenvalue weighted by Gasteiger charge is -2.07. The number of carbonyl (C=O) groups excluding carboxylic acids is 1. The lowest BCUT2D eigenvalue weighted by molar-refractivity contribution is 0.0696. The Bertz CT molecular complexity index is 807. The van der Waals surface area contributed by atoms with Crippen molar-refractivity contribution in [3.8, 4) is 5.75 Å². The fourth-order valence-electron chi connectivity index (χ4n) is 1.55. The number of benzene rings is 1. The summed E-state index contributed by atoms with van der Waals surface area (Å²) in [5.74, 6) is -2.48. The predicted octanol–water partition coefficient (Wildman–Crippen LogP) is -0.281. The van der Waals surface area contributed by atoms with Gasteiger partial charge in [0, 0.05) is 6.07 Å². The minimum atomic E-state index is -1.24. The third-order valence-electron chi connectivity index (χ3n) is 2.50. The highest BCUT2D eigenvalue weighted by Crippen LogP contribution is 2.24. The van der Waals surface area contributed by atoms with Gasteiger partial charge >= 0.3 is 11.7 Å². The molecule has 0 aliphatic heterocycles. The molecular weight excluding hydrogens is 282 g/mol.